The summed E-state index contributed by atoms with van der Waals surface area (Å²) in [6, 6.07) is 12.6. The van der Waals surface area contributed by atoms with Gasteiger partial charge in [-0.1, -0.05) is 114 Å². The number of aliphatic carboxylic acids is 2. The zero-order valence-corrected chi connectivity index (χ0v) is 55.7. The first kappa shape index (κ1) is 73.1. The molecule has 9 amide bonds. The van der Waals surface area contributed by atoms with E-state index in [0.717, 1.165) is 10.8 Å². The van der Waals surface area contributed by atoms with Gasteiger partial charge in [-0.05, 0) is 110 Å². The Morgan fingerprint density at radius 1 is 0.589 bits per heavy atom. The number of hydrogen-bond donors (Lipinski definition) is 11. The van der Waals surface area contributed by atoms with Gasteiger partial charge in [-0.3, -0.25) is 43.2 Å². The number of benzene rings is 4. The lowest BCUT2D eigenvalue weighted by atomic mass is 9.85. The Morgan fingerprint density at radius 2 is 1.09 bits per heavy atom. The number of fused-ring (bicyclic) bond motifs is 1. The molecule has 26 heteroatoms. The van der Waals surface area contributed by atoms with E-state index in [-0.39, 0.29) is 64.0 Å². The molecule has 512 valence electrons. The molecule has 6 heterocycles. The van der Waals surface area contributed by atoms with Crippen molar-refractivity contribution in [2.75, 3.05) is 40.4 Å². The van der Waals surface area contributed by atoms with E-state index in [1.54, 1.807) is 112 Å². The Hall–Kier alpha value is -9.27. The summed E-state index contributed by atoms with van der Waals surface area (Å²) in [6.07, 6.45) is 1.95. The second kappa shape index (κ2) is 32.2. The highest BCUT2D eigenvalue weighted by Gasteiger charge is 2.48. The predicted molar refractivity (Wildman–Crippen MR) is 352 cm³/mol. The minimum absolute atomic E-state index is 0.00405. The molecule has 10 rings (SSSR count). The van der Waals surface area contributed by atoms with E-state index < -0.39 is 148 Å². The minimum Gasteiger partial charge on any atom is -0.490 e. The number of hydrogen-bond acceptors (Lipinski definition) is 15. The van der Waals surface area contributed by atoms with Crippen LogP contribution in [0, 0.1) is 10.8 Å². The SMILES string of the molecule is CNC(C)C(=O)NC(C(=O)N1CC2CC1C(=O)NC(C)C(=O)NC(C(=O)O)Cc1ccc(cc1)C(=O)NC1CC(C(=O)NC(Cc3ccc4ccccc4c3)C(=O)NC(C(=O)O)Cc3ccc(cc3)OCC=CCO2)N(C(=O)C(NC(=O)C(C)NC)C(C)(C)C)C1)C(C)(C)C. The summed E-state index contributed by atoms with van der Waals surface area (Å²) in [5, 5.41) is 47.6. The fraction of sp³-hybridized carbons (Fsp3) is 0.493. The van der Waals surface area contributed by atoms with E-state index >= 15 is 9.59 Å². The van der Waals surface area contributed by atoms with Crippen LogP contribution in [0.5, 0.6) is 5.75 Å². The van der Waals surface area contributed by atoms with Crippen LogP contribution in [-0.2, 0) is 71.9 Å². The molecule has 4 aromatic carbocycles. The molecule has 8 bridgehead atoms. The Bertz CT molecular complexity index is 3500. The van der Waals surface area contributed by atoms with Crippen molar-refractivity contribution in [2.24, 2.45) is 10.8 Å². The highest BCUT2D eigenvalue weighted by atomic mass is 16.5. The predicted octanol–water partition coefficient (Wildman–Crippen LogP) is 1.91. The molecular weight excluding hydrogens is 1220 g/mol. The van der Waals surface area contributed by atoms with Crippen molar-refractivity contribution >= 4 is 75.9 Å². The molecule has 0 spiro atoms. The van der Waals surface area contributed by atoms with Crippen LogP contribution in [-0.4, -0.2) is 198 Å². The van der Waals surface area contributed by atoms with Crippen LogP contribution >= 0.6 is 0 Å². The first-order valence-electron chi connectivity index (χ1n) is 31.9. The van der Waals surface area contributed by atoms with Crippen molar-refractivity contribution in [1.29, 1.82) is 0 Å². The minimum atomic E-state index is -1.53. The number of nitrogens with one attached hydrogen (secondary N) is 9. The van der Waals surface area contributed by atoms with Gasteiger partial charge in [0, 0.05) is 50.4 Å². The van der Waals surface area contributed by atoms with Crippen molar-refractivity contribution in [3.05, 3.63) is 125 Å². The molecule has 0 saturated carbocycles. The summed E-state index contributed by atoms with van der Waals surface area (Å²) in [6.45, 7) is 15.0. The molecule has 4 aromatic rings. The normalized spacial score (nSPS) is 23.5. The summed E-state index contributed by atoms with van der Waals surface area (Å²) in [4.78, 5) is 157. The molecule has 0 radical (unpaired) electrons. The van der Waals surface area contributed by atoms with E-state index in [4.69, 9.17) is 9.47 Å². The van der Waals surface area contributed by atoms with Crippen LogP contribution in [0.4, 0.5) is 0 Å². The monoisotopic (exact) mass is 1310 g/mol. The van der Waals surface area contributed by atoms with Crippen molar-refractivity contribution in [1.82, 2.24) is 57.7 Å². The number of likely N-dealkylation sites (N-methyl/N-ethyl adjacent to an activating group) is 2. The van der Waals surface area contributed by atoms with Crippen LogP contribution < -0.4 is 52.6 Å². The van der Waals surface area contributed by atoms with Crippen LogP contribution in [0.15, 0.2) is 103 Å². The van der Waals surface area contributed by atoms with E-state index in [0.29, 0.717) is 22.4 Å². The quantitative estimate of drug-likeness (QED) is 0.0903. The lowest BCUT2D eigenvalue weighted by Crippen LogP contribution is -2.61. The van der Waals surface area contributed by atoms with Crippen LogP contribution in [0.3, 0.4) is 0 Å². The average molecular weight is 1310 g/mol. The van der Waals surface area contributed by atoms with Gasteiger partial charge in [-0.15, -0.1) is 0 Å². The van der Waals surface area contributed by atoms with Gasteiger partial charge in [0.15, 0.2) is 0 Å². The first-order chi connectivity index (χ1) is 44.8. The summed E-state index contributed by atoms with van der Waals surface area (Å²) >= 11 is 0. The number of likely N-dealkylation sites (tertiary alicyclic amines) is 2. The largest absolute Gasteiger partial charge is 0.490 e. The Balaban J connectivity index is 1.20. The molecule has 11 N–H and O–H groups in total. The van der Waals surface area contributed by atoms with Gasteiger partial charge in [-0.2, -0.15) is 0 Å². The molecular formula is C69H91N11O15. The first-order valence-corrected chi connectivity index (χ1v) is 31.9. The van der Waals surface area contributed by atoms with Crippen molar-refractivity contribution in [3.8, 4) is 5.75 Å². The number of nitrogens with zero attached hydrogens (tertiary/aromatic N) is 2. The average Bonchev–Trinajstić information content (AvgIpc) is 1.70. The van der Waals surface area contributed by atoms with Crippen molar-refractivity contribution < 1.29 is 72.4 Å². The van der Waals surface area contributed by atoms with E-state index in [1.807, 2.05) is 36.4 Å². The fourth-order valence-electron chi connectivity index (χ4n) is 11.4. The molecule has 2 saturated heterocycles. The smallest absolute Gasteiger partial charge is 0.326 e. The van der Waals surface area contributed by atoms with Crippen molar-refractivity contribution in [2.45, 2.75) is 167 Å². The number of carbonyl (C=O) groups excluding carboxylic acids is 9. The molecule has 0 aliphatic carbocycles. The Labute approximate surface area is 553 Å². The number of carbonyl (C=O) groups is 11. The zero-order valence-electron chi connectivity index (χ0n) is 55.7. The van der Waals surface area contributed by atoms with Crippen LogP contribution in [0.2, 0.25) is 0 Å². The lowest BCUT2D eigenvalue weighted by Gasteiger charge is -2.36. The fourth-order valence-corrected chi connectivity index (χ4v) is 11.4. The van der Waals surface area contributed by atoms with Crippen molar-refractivity contribution in [3.63, 3.8) is 0 Å². The lowest BCUT2D eigenvalue weighted by molar-refractivity contribution is -0.145. The standard InChI is InChI=1S/C69H91N11O15/c1-38(70-10)57(81)77-55(68(4,5)6)64(88)79-36-47-34-53(79)63(87)74-50(33-43-20-23-44-16-12-13-17-46(44)30-43)61(85)76-52(67(92)93)32-42-21-26-48(27-22-42)94-28-14-15-29-95-49-35-54(80(37-49)65(89)56(69(7,8)9)78-58(82)39(2)71-11)62(86)72-40(3)59(83)75-51(66(90)91)31-41-18-24-45(25-19-41)60(84)73-47/h12-27,30,38-40,47,49-56,70-71H,28-29,31-37H2,1-11H3,(H,72,86)(H,73,84)(H,74,87)(H,75,83)(H,76,85)(H,77,81)(H,78,82)(H,90,91)(H,92,93). The Kier molecular flexibility index (Phi) is 24.8. The molecule has 6 aliphatic heterocycles. The number of carboxylic acids is 2. The van der Waals surface area contributed by atoms with E-state index in [1.165, 1.54) is 41.0 Å². The molecule has 95 heavy (non-hydrogen) atoms. The van der Waals surface area contributed by atoms with Gasteiger partial charge < -0.3 is 77.3 Å². The van der Waals surface area contributed by atoms with Gasteiger partial charge >= 0.3 is 11.9 Å². The van der Waals surface area contributed by atoms with E-state index in [2.05, 4.69) is 47.9 Å². The van der Waals surface area contributed by atoms with Gasteiger partial charge in [-0.25, -0.2) is 9.59 Å². The molecule has 6 aliphatic rings. The summed E-state index contributed by atoms with van der Waals surface area (Å²) in [5.74, 6) is -8.37. The third-order valence-electron chi connectivity index (χ3n) is 17.4. The molecule has 0 aromatic heterocycles. The van der Waals surface area contributed by atoms with Crippen LogP contribution in [0.25, 0.3) is 10.8 Å². The molecule has 12 unspecified atom stereocenters. The second-order valence-corrected chi connectivity index (χ2v) is 26.8. The topological polar surface area (TPSA) is 361 Å². The number of ether oxygens (including phenoxy) is 2. The van der Waals surface area contributed by atoms with E-state index in [9.17, 15) is 53.4 Å². The number of rotatable bonds is 12. The highest BCUT2D eigenvalue weighted by molar-refractivity contribution is 5.99. The number of carboxylic acid groups (broad SMARTS) is 2. The van der Waals surface area contributed by atoms with Crippen LogP contribution in [0.1, 0.15) is 102 Å². The Morgan fingerprint density at radius 3 is 1.64 bits per heavy atom. The summed E-state index contributed by atoms with van der Waals surface area (Å²) < 4.78 is 12.1. The maximum absolute atomic E-state index is 15.1. The maximum atomic E-state index is 15.1. The molecule has 12 atom stereocenters. The third kappa shape index (κ3) is 19.7. The molecule has 26 nitrogen and oxygen atoms in total. The van der Waals surface area contributed by atoms with Gasteiger partial charge in [0.05, 0.1) is 24.8 Å². The summed E-state index contributed by atoms with van der Waals surface area (Å²) in [7, 11) is 3.18. The zero-order chi connectivity index (χ0) is 69.6. The molecule has 2 fully saturated rings. The maximum Gasteiger partial charge on any atom is 0.326 e. The summed E-state index contributed by atoms with van der Waals surface area (Å²) in [5.41, 5.74) is -0.128. The van der Waals surface area contributed by atoms with Gasteiger partial charge in [0.25, 0.3) is 5.91 Å². The third-order valence-corrected chi connectivity index (χ3v) is 17.4. The van der Waals surface area contributed by atoms with Gasteiger partial charge in [0.1, 0.15) is 60.7 Å². The second-order valence-electron chi connectivity index (χ2n) is 26.8. The number of amides is 9. The van der Waals surface area contributed by atoms with Gasteiger partial charge in [0.2, 0.25) is 47.3 Å². The highest BCUT2D eigenvalue weighted by Crippen LogP contribution is 2.30.